The number of nitrogens with two attached hydrogens (primary N) is 1. The van der Waals surface area contributed by atoms with Crippen molar-refractivity contribution in [1.82, 2.24) is 0 Å². The van der Waals surface area contributed by atoms with E-state index in [4.69, 9.17) is 5.73 Å². The monoisotopic (exact) mass is 363 g/mol. The minimum atomic E-state index is -0.204. The van der Waals surface area contributed by atoms with E-state index in [1.54, 1.807) is 6.07 Å². The number of benzene rings is 1. The summed E-state index contributed by atoms with van der Waals surface area (Å²) in [5.41, 5.74) is 7.29. The summed E-state index contributed by atoms with van der Waals surface area (Å²) in [7, 11) is 0. The van der Waals surface area contributed by atoms with Gasteiger partial charge in [-0.05, 0) is 30.2 Å². The number of hydrogen-bond acceptors (Lipinski definition) is 3. The molecule has 0 saturated carbocycles. The molecule has 1 aliphatic heterocycles. The van der Waals surface area contributed by atoms with Crippen molar-refractivity contribution in [2.75, 3.05) is 5.75 Å². The molecule has 4 unspecified atom stereocenters. The van der Waals surface area contributed by atoms with E-state index in [1.165, 1.54) is 6.07 Å². The molecule has 1 fully saturated rings. The van der Waals surface area contributed by atoms with Crippen molar-refractivity contribution in [2.45, 2.75) is 42.1 Å². The van der Waals surface area contributed by atoms with Gasteiger partial charge >= 0.3 is 0 Å². The van der Waals surface area contributed by atoms with E-state index in [1.807, 2.05) is 29.6 Å². The van der Waals surface area contributed by atoms with Gasteiger partial charge in [0, 0.05) is 32.0 Å². The number of rotatable bonds is 3. The van der Waals surface area contributed by atoms with Crippen LogP contribution in [-0.4, -0.2) is 27.5 Å². The van der Waals surface area contributed by atoms with Gasteiger partial charge < -0.3 is 5.73 Å². The Bertz CT molecular complexity index is 423. The van der Waals surface area contributed by atoms with Crippen LogP contribution in [0.1, 0.15) is 19.4 Å². The summed E-state index contributed by atoms with van der Waals surface area (Å²) in [5.74, 6) is 0.887. The standard InChI is InChI=1S/C14H19BrFNS2/c1-8-9(2)19-14(7-18-8)13(17)5-10-3-11(15)6-12(16)4-10/h3-4,6,8-9,13-14H,5,7,17H2,1-2H3. The number of halogens is 2. The molecule has 106 valence electrons. The maximum Gasteiger partial charge on any atom is 0.124 e. The highest BCUT2D eigenvalue weighted by atomic mass is 79.9. The van der Waals surface area contributed by atoms with E-state index >= 15 is 0 Å². The summed E-state index contributed by atoms with van der Waals surface area (Å²) in [6.07, 6.45) is 0.732. The second kappa shape index (κ2) is 6.83. The second-order valence-electron chi connectivity index (χ2n) is 5.06. The highest BCUT2D eigenvalue weighted by Crippen LogP contribution is 2.37. The maximum absolute atomic E-state index is 13.4. The molecule has 4 atom stereocenters. The Balaban J connectivity index is 1.98. The molecule has 0 aromatic heterocycles. The molecule has 0 spiro atoms. The van der Waals surface area contributed by atoms with Crippen molar-refractivity contribution in [2.24, 2.45) is 5.73 Å². The molecule has 1 aromatic rings. The zero-order valence-electron chi connectivity index (χ0n) is 11.1. The lowest BCUT2D eigenvalue weighted by Crippen LogP contribution is -2.41. The fourth-order valence-electron chi connectivity index (χ4n) is 2.16. The van der Waals surface area contributed by atoms with E-state index in [-0.39, 0.29) is 11.9 Å². The molecule has 1 aliphatic rings. The Hall–Kier alpha value is 0.290. The summed E-state index contributed by atoms with van der Waals surface area (Å²) < 4.78 is 14.1. The van der Waals surface area contributed by atoms with E-state index in [9.17, 15) is 4.39 Å². The lowest BCUT2D eigenvalue weighted by molar-refractivity contribution is 0.616. The maximum atomic E-state index is 13.4. The zero-order valence-corrected chi connectivity index (χ0v) is 14.3. The van der Waals surface area contributed by atoms with Gasteiger partial charge in [-0.1, -0.05) is 29.8 Å². The van der Waals surface area contributed by atoms with Gasteiger partial charge in [0.2, 0.25) is 0 Å². The molecule has 0 radical (unpaired) electrons. The molecule has 0 aliphatic carbocycles. The molecule has 0 bridgehead atoms. The number of hydrogen-bond donors (Lipinski definition) is 1. The van der Waals surface area contributed by atoms with E-state index in [0.29, 0.717) is 15.7 Å². The summed E-state index contributed by atoms with van der Waals surface area (Å²) in [4.78, 5) is 0. The van der Waals surface area contributed by atoms with Crippen molar-refractivity contribution < 1.29 is 4.39 Å². The summed E-state index contributed by atoms with van der Waals surface area (Å²) >= 11 is 7.30. The normalized spacial score (nSPS) is 29.2. The quantitative estimate of drug-likeness (QED) is 0.875. The van der Waals surface area contributed by atoms with E-state index < -0.39 is 0 Å². The van der Waals surface area contributed by atoms with E-state index in [0.717, 1.165) is 22.2 Å². The number of thioether (sulfide) groups is 2. The first kappa shape index (κ1) is 15.7. The fraction of sp³-hybridized carbons (Fsp3) is 0.571. The molecule has 19 heavy (non-hydrogen) atoms. The largest absolute Gasteiger partial charge is 0.326 e. The van der Waals surface area contributed by atoms with Crippen LogP contribution >= 0.6 is 39.5 Å². The average Bonchev–Trinajstić information content (AvgIpc) is 2.31. The SMILES string of the molecule is CC1SCC(C(N)Cc2cc(F)cc(Br)c2)SC1C. The lowest BCUT2D eigenvalue weighted by atomic mass is 10.0. The minimum Gasteiger partial charge on any atom is -0.326 e. The predicted molar refractivity (Wildman–Crippen MR) is 88.5 cm³/mol. The zero-order chi connectivity index (χ0) is 14.0. The van der Waals surface area contributed by atoms with Crippen molar-refractivity contribution in [3.63, 3.8) is 0 Å². The van der Waals surface area contributed by atoms with Crippen LogP contribution < -0.4 is 5.73 Å². The van der Waals surface area contributed by atoms with Gasteiger partial charge in [-0.2, -0.15) is 23.5 Å². The molecular formula is C14H19BrFNS2. The fourth-order valence-corrected chi connectivity index (χ4v) is 5.74. The topological polar surface area (TPSA) is 26.0 Å². The highest BCUT2D eigenvalue weighted by Gasteiger charge is 2.29. The van der Waals surface area contributed by atoms with E-state index in [2.05, 4.69) is 29.8 Å². The van der Waals surface area contributed by atoms with Gasteiger partial charge in [-0.25, -0.2) is 4.39 Å². The molecule has 1 aromatic carbocycles. The third kappa shape index (κ3) is 4.38. The van der Waals surface area contributed by atoms with Crippen LogP contribution in [-0.2, 0) is 6.42 Å². The smallest absolute Gasteiger partial charge is 0.124 e. The second-order valence-corrected chi connectivity index (χ2v) is 9.01. The first-order valence-corrected chi connectivity index (χ1v) is 9.22. The van der Waals surface area contributed by atoms with Gasteiger partial charge in [-0.15, -0.1) is 0 Å². The Kier molecular flexibility index (Phi) is 5.64. The molecule has 2 rings (SSSR count). The van der Waals surface area contributed by atoms with Gasteiger partial charge in [0.05, 0.1) is 0 Å². The molecule has 2 N–H and O–H groups in total. The molecule has 1 heterocycles. The highest BCUT2D eigenvalue weighted by molar-refractivity contribution is 9.10. The molecule has 1 nitrogen and oxygen atoms in total. The third-order valence-corrected chi connectivity index (χ3v) is 7.48. The van der Waals surface area contributed by atoms with Gasteiger partial charge in [0.1, 0.15) is 5.82 Å². The van der Waals surface area contributed by atoms with Crippen molar-refractivity contribution in [3.05, 3.63) is 34.1 Å². The van der Waals surface area contributed by atoms with Crippen LogP contribution in [0.15, 0.2) is 22.7 Å². The summed E-state index contributed by atoms with van der Waals surface area (Å²) in [6.45, 7) is 4.54. The Labute approximate surface area is 131 Å². The van der Waals surface area contributed by atoms with Crippen LogP contribution in [0.4, 0.5) is 4.39 Å². The average molecular weight is 364 g/mol. The minimum absolute atomic E-state index is 0.0844. The van der Waals surface area contributed by atoms with Crippen LogP contribution in [0.3, 0.4) is 0 Å². The summed E-state index contributed by atoms with van der Waals surface area (Å²) in [6, 6.07) is 5.10. The predicted octanol–water partition coefficient (Wildman–Crippen LogP) is 4.08. The van der Waals surface area contributed by atoms with Crippen molar-refractivity contribution in [1.29, 1.82) is 0 Å². The van der Waals surface area contributed by atoms with Crippen LogP contribution in [0, 0.1) is 5.82 Å². The molecule has 1 saturated heterocycles. The van der Waals surface area contributed by atoms with Gasteiger partial charge in [-0.3, -0.25) is 0 Å². The Morgan fingerprint density at radius 1 is 1.37 bits per heavy atom. The lowest BCUT2D eigenvalue weighted by Gasteiger charge is -2.34. The summed E-state index contributed by atoms with van der Waals surface area (Å²) in [5, 5.41) is 1.78. The van der Waals surface area contributed by atoms with Crippen LogP contribution in [0.25, 0.3) is 0 Å². The Morgan fingerprint density at radius 3 is 2.74 bits per heavy atom. The van der Waals surface area contributed by atoms with Crippen molar-refractivity contribution >= 4 is 39.5 Å². The Morgan fingerprint density at radius 2 is 2.11 bits per heavy atom. The van der Waals surface area contributed by atoms with Gasteiger partial charge in [0.25, 0.3) is 0 Å². The first-order chi connectivity index (χ1) is 8.95. The van der Waals surface area contributed by atoms with Crippen LogP contribution in [0.5, 0.6) is 0 Å². The van der Waals surface area contributed by atoms with Crippen molar-refractivity contribution in [3.8, 4) is 0 Å². The van der Waals surface area contributed by atoms with Crippen LogP contribution in [0.2, 0.25) is 0 Å². The van der Waals surface area contributed by atoms with Gasteiger partial charge in [0.15, 0.2) is 0 Å². The first-order valence-electron chi connectivity index (χ1n) is 6.43. The molecule has 0 amide bonds. The molecule has 5 heteroatoms. The molecular weight excluding hydrogens is 345 g/mol. The third-order valence-electron chi connectivity index (χ3n) is 3.45.